The summed E-state index contributed by atoms with van der Waals surface area (Å²) in [6, 6.07) is 6.80. The van der Waals surface area contributed by atoms with E-state index < -0.39 is 0 Å². The van der Waals surface area contributed by atoms with Gasteiger partial charge in [0.2, 0.25) is 0 Å². The molecule has 0 atom stereocenters. The number of aldehydes is 1. The van der Waals surface area contributed by atoms with Gasteiger partial charge >= 0.3 is 0 Å². The number of rotatable bonds is 1. The van der Waals surface area contributed by atoms with E-state index in [4.69, 9.17) is 11.6 Å². The lowest BCUT2D eigenvalue weighted by atomic mass is 10.2. The molecule has 1 rings (SSSR count). The van der Waals surface area contributed by atoms with E-state index in [-0.39, 0.29) is 7.43 Å². The van der Waals surface area contributed by atoms with Crippen molar-refractivity contribution in [2.75, 3.05) is 0 Å². The third kappa shape index (κ3) is 2.19. The number of benzene rings is 1. The second-order valence-corrected chi connectivity index (χ2v) is 2.11. The van der Waals surface area contributed by atoms with Gasteiger partial charge in [0.1, 0.15) is 6.29 Å². The topological polar surface area (TPSA) is 17.1 Å². The first-order valence-electron chi connectivity index (χ1n) is 2.53. The van der Waals surface area contributed by atoms with Crippen molar-refractivity contribution in [2.45, 2.75) is 7.43 Å². The normalized spacial score (nSPS) is 8.10. The van der Waals surface area contributed by atoms with Gasteiger partial charge in [-0.2, -0.15) is 0 Å². The molecule has 10 heavy (non-hydrogen) atoms. The Balaban J connectivity index is 0.000000810. The Morgan fingerprint density at radius 3 is 2.50 bits per heavy atom. The average molecular weight is 157 g/mol. The highest BCUT2D eigenvalue weighted by Crippen LogP contribution is 2.08. The number of carbonyl (C=O) groups excluding carboxylic acids is 1. The van der Waals surface area contributed by atoms with Gasteiger partial charge in [0, 0.05) is 10.6 Å². The number of hydrogen-bond acceptors (Lipinski definition) is 1. The molecule has 0 spiro atoms. The minimum Gasteiger partial charge on any atom is -0.298 e. The summed E-state index contributed by atoms with van der Waals surface area (Å²) in [4.78, 5) is 10.1. The highest BCUT2D eigenvalue weighted by Gasteiger charge is 1.87. The van der Waals surface area contributed by atoms with Gasteiger partial charge in [0.05, 0.1) is 0 Å². The van der Waals surface area contributed by atoms with Crippen molar-refractivity contribution >= 4 is 17.9 Å². The summed E-state index contributed by atoms with van der Waals surface area (Å²) in [6.07, 6.45) is 0.770. The molecule has 0 amide bonds. The van der Waals surface area contributed by atoms with Crippen LogP contribution in [-0.2, 0) is 0 Å². The molecule has 0 bridgehead atoms. The molecule has 0 aliphatic carbocycles. The summed E-state index contributed by atoms with van der Waals surface area (Å²) < 4.78 is 0. The zero-order chi connectivity index (χ0) is 6.69. The minimum absolute atomic E-state index is 0. The Bertz CT molecular complexity index is 220. The fourth-order valence-electron chi connectivity index (χ4n) is 0.580. The maximum atomic E-state index is 10.1. The van der Waals surface area contributed by atoms with E-state index in [2.05, 4.69) is 0 Å². The minimum atomic E-state index is 0. The smallest absolute Gasteiger partial charge is 0.150 e. The Morgan fingerprint density at radius 2 is 2.10 bits per heavy atom. The lowest BCUT2D eigenvalue weighted by Gasteiger charge is -1.88. The zero-order valence-corrected chi connectivity index (χ0v) is 5.43. The summed E-state index contributed by atoms with van der Waals surface area (Å²) in [5.41, 5.74) is 0.613. The van der Waals surface area contributed by atoms with Crippen LogP contribution >= 0.6 is 11.6 Å². The number of hydrogen-bond donors (Lipinski definition) is 0. The van der Waals surface area contributed by atoms with Crippen LogP contribution in [0.2, 0.25) is 5.02 Å². The van der Waals surface area contributed by atoms with E-state index in [0.29, 0.717) is 10.6 Å². The molecular formula is C8H9ClO. The Labute approximate surface area is 65.6 Å². The molecule has 1 nitrogen and oxygen atoms in total. The van der Waals surface area contributed by atoms with Gasteiger partial charge in [-0.05, 0) is 12.1 Å². The van der Waals surface area contributed by atoms with E-state index in [1.54, 1.807) is 24.3 Å². The third-order valence-electron chi connectivity index (χ3n) is 0.985. The van der Waals surface area contributed by atoms with Gasteiger partial charge < -0.3 is 0 Å². The fourth-order valence-corrected chi connectivity index (χ4v) is 0.779. The lowest BCUT2D eigenvalue weighted by molar-refractivity contribution is 0.112. The quantitative estimate of drug-likeness (QED) is 0.572. The van der Waals surface area contributed by atoms with Crippen molar-refractivity contribution < 1.29 is 4.79 Å². The first-order valence-corrected chi connectivity index (χ1v) is 2.91. The van der Waals surface area contributed by atoms with Crippen molar-refractivity contribution in [3.8, 4) is 0 Å². The largest absolute Gasteiger partial charge is 0.298 e. The van der Waals surface area contributed by atoms with Crippen molar-refractivity contribution in [1.29, 1.82) is 0 Å². The van der Waals surface area contributed by atoms with Crippen LogP contribution < -0.4 is 0 Å². The molecular weight excluding hydrogens is 148 g/mol. The Kier molecular flexibility index (Phi) is 3.74. The summed E-state index contributed by atoms with van der Waals surface area (Å²) >= 11 is 5.56. The monoisotopic (exact) mass is 156 g/mol. The first kappa shape index (κ1) is 9.18. The first-order chi connectivity index (χ1) is 4.33. The molecule has 0 fully saturated rings. The van der Waals surface area contributed by atoms with Gasteiger partial charge in [-0.1, -0.05) is 31.2 Å². The maximum Gasteiger partial charge on any atom is 0.150 e. The van der Waals surface area contributed by atoms with Crippen LogP contribution in [0, 0.1) is 0 Å². The molecule has 0 aliphatic rings. The van der Waals surface area contributed by atoms with E-state index in [9.17, 15) is 4.79 Å². The second kappa shape index (κ2) is 4.07. The highest BCUT2D eigenvalue weighted by atomic mass is 35.5. The maximum absolute atomic E-state index is 10.1. The second-order valence-electron chi connectivity index (χ2n) is 1.67. The molecule has 0 unspecified atom stereocenters. The molecule has 2 heteroatoms. The molecule has 54 valence electrons. The van der Waals surface area contributed by atoms with Crippen molar-refractivity contribution in [3.63, 3.8) is 0 Å². The van der Waals surface area contributed by atoms with Crippen LogP contribution in [0.1, 0.15) is 17.8 Å². The van der Waals surface area contributed by atoms with Crippen molar-refractivity contribution in [2.24, 2.45) is 0 Å². The molecule has 0 aliphatic heterocycles. The molecule has 0 aromatic heterocycles. The Morgan fingerprint density at radius 1 is 1.40 bits per heavy atom. The van der Waals surface area contributed by atoms with Crippen LogP contribution in [0.5, 0.6) is 0 Å². The van der Waals surface area contributed by atoms with E-state index in [0.717, 1.165) is 6.29 Å². The van der Waals surface area contributed by atoms with Gasteiger partial charge in [-0.3, -0.25) is 4.79 Å². The summed E-state index contributed by atoms with van der Waals surface area (Å²) in [6.45, 7) is 0. The lowest BCUT2D eigenvalue weighted by Crippen LogP contribution is -1.75. The van der Waals surface area contributed by atoms with Gasteiger partial charge in [-0.25, -0.2) is 0 Å². The molecule has 0 saturated carbocycles. The zero-order valence-electron chi connectivity index (χ0n) is 4.67. The van der Waals surface area contributed by atoms with Gasteiger partial charge in [0.15, 0.2) is 0 Å². The van der Waals surface area contributed by atoms with Crippen LogP contribution in [0.25, 0.3) is 0 Å². The summed E-state index contributed by atoms with van der Waals surface area (Å²) in [5.74, 6) is 0. The predicted molar refractivity (Wildman–Crippen MR) is 43.6 cm³/mol. The molecule has 0 N–H and O–H groups in total. The van der Waals surface area contributed by atoms with Crippen molar-refractivity contribution in [1.82, 2.24) is 0 Å². The van der Waals surface area contributed by atoms with Crippen LogP contribution in [0.15, 0.2) is 24.3 Å². The average Bonchev–Trinajstić information content (AvgIpc) is 1.88. The Hall–Kier alpha value is -0.820. The van der Waals surface area contributed by atoms with Crippen LogP contribution in [0.4, 0.5) is 0 Å². The van der Waals surface area contributed by atoms with Gasteiger partial charge in [-0.15, -0.1) is 0 Å². The number of halogens is 1. The summed E-state index contributed by atoms with van der Waals surface area (Å²) in [7, 11) is 0. The SMILES string of the molecule is C.O=Cc1cccc(Cl)c1. The molecule has 1 aromatic carbocycles. The van der Waals surface area contributed by atoms with E-state index in [1.807, 2.05) is 0 Å². The van der Waals surface area contributed by atoms with E-state index in [1.165, 1.54) is 0 Å². The predicted octanol–water partition coefficient (Wildman–Crippen LogP) is 2.79. The van der Waals surface area contributed by atoms with Crippen LogP contribution in [0.3, 0.4) is 0 Å². The van der Waals surface area contributed by atoms with Crippen molar-refractivity contribution in [3.05, 3.63) is 34.9 Å². The summed E-state index contributed by atoms with van der Waals surface area (Å²) in [5, 5.41) is 0.597. The molecule has 0 heterocycles. The third-order valence-corrected chi connectivity index (χ3v) is 1.22. The highest BCUT2D eigenvalue weighted by molar-refractivity contribution is 6.30. The molecule has 1 aromatic rings. The van der Waals surface area contributed by atoms with Gasteiger partial charge in [0.25, 0.3) is 0 Å². The van der Waals surface area contributed by atoms with E-state index >= 15 is 0 Å². The standard InChI is InChI=1S/C7H5ClO.CH4/c8-7-3-1-2-6(4-7)5-9;/h1-5H;1H4. The van der Waals surface area contributed by atoms with Crippen LogP contribution in [-0.4, -0.2) is 6.29 Å². The molecule has 0 radical (unpaired) electrons. The fraction of sp³-hybridized carbons (Fsp3) is 0.125. The molecule has 0 saturated heterocycles. The number of carbonyl (C=O) groups is 1.